The van der Waals surface area contributed by atoms with E-state index in [9.17, 15) is 0 Å². The second kappa shape index (κ2) is 33.2. The molecule has 0 aromatic heterocycles. The van der Waals surface area contributed by atoms with E-state index in [-0.39, 0.29) is 80.7 Å². The standard InChI is InChI=1S/Co.Li.Mg.Ni.O/q+2;+1;2*+2;-2. The molecule has 0 fully saturated rings. The molecular formula is CoLiMgNiO+5. The number of hydrogen-bond donors (Lipinski definition) is 0. The molecule has 0 aliphatic carbocycles. The topological polar surface area (TPSA) is 28.5 Å². The zero-order chi connectivity index (χ0) is 0. The molecule has 0 N–H and O–H groups in total. The molecule has 0 heterocycles. The van der Waals surface area contributed by atoms with Crippen molar-refractivity contribution in [3.8, 4) is 0 Å². The zero-order valence-electron chi connectivity index (χ0n) is 2.76. The van der Waals surface area contributed by atoms with Crippen LogP contribution in [0.25, 0.3) is 0 Å². The van der Waals surface area contributed by atoms with Gasteiger partial charge in [0.25, 0.3) is 0 Å². The minimum Gasteiger partial charge on any atom is -2.00 e. The van der Waals surface area contributed by atoms with Crippen molar-refractivity contribution < 1.29 is 57.6 Å². The van der Waals surface area contributed by atoms with Crippen LogP contribution in [0.15, 0.2) is 0 Å². The van der Waals surface area contributed by atoms with Gasteiger partial charge in [-0.3, -0.25) is 0 Å². The largest absolute Gasteiger partial charge is 2.00 e. The predicted octanol–water partition coefficient (Wildman–Crippen LogP) is -3.50. The molecule has 0 saturated carbocycles. The van der Waals surface area contributed by atoms with Crippen LogP contribution < -0.4 is 18.9 Å². The summed E-state index contributed by atoms with van der Waals surface area (Å²) in [5.74, 6) is 0. The third-order valence-corrected chi connectivity index (χ3v) is 0. The Morgan fingerprint density at radius 1 is 1.00 bits per heavy atom. The summed E-state index contributed by atoms with van der Waals surface area (Å²) < 4.78 is 0. The van der Waals surface area contributed by atoms with Gasteiger partial charge in [0.05, 0.1) is 0 Å². The molecule has 5 heteroatoms. The number of hydrogen-bond acceptors (Lipinski definition) is 0. The quantitative estimate of drug-likeness (QED) is 0.333. The van der Waals surface area contributed by atoms with Gasteiger partial charge < -0.3 is 5.48 Å². The molecule has 0 aliphatic rings. The van der Waals surface area contributed by atoms with Gasteiger partial charge in [0.2, 0.25) is 0 Å². The fraction of sp³-hybridized carbons (Fsp3) is 0. The average Bonchev–Trinajstić information content (AvgIpc) is 0. The van der Waals surface area contributed by atoms with E-state index < -0.39 is 0 Å². The molecule has 0 aliphatic heterocycles. The first-order chi connectivity index (χ1) is 0. The summed E-state index contributed by atoms with van der Waals surface area (Å²) in [7, 11) is 0. The van der Waals surface area contributed by atoms with Crippen LogP contribution in [-0.4, -0.2) is 23.1 Å². The van der Waals surface area contributed by atoms with Crippen LogP contribution in [0.2, 0.25) is 0 Å². The summed E-state index contributed by atoms with van der Waals surface area (Å²) in [5.41, 5.74) is 0. The molecule has 0 aromatic rings. The molecule has 0 bridgehead atoms. The van der Waals surface area contributed by atoms with Gasteiger partial charge >= 0.3 is 75.2 Å². The van der Waals surface area contributed by atoms with Crippen LogP contribution >= 0.6 is 0 Å². The first-order valence-corrected chi connectivity index (χ1v) is 0. The van der Waals surface area contributed by atoms with Gasteiger partial charge in [0, 0.05) is 0 Å². The number of rotatable bonds is 0. The smallest absolute Gasteiger partial charge is 2.00 e. The van der Waals surface area contributed by atoms with Crippen molar-refractivity contribution in [1.82, 2.24) is 0 Å². The summed E-state index contributed by atoms with van der Waals surface area (Å²) in [6, 6.07) is 0. The summed E-state index contributed by atoms with van der Waals surface area (Å²) in [5, 5.41) is 0. The van der Waals surface area contributed by atoms with Gasteiger partial charge in [-0.2, -0.15) is 0 Å². The van der Waals surface area contributed by atoms with E-state index in [1.807, 2.05) is 0 Å². The Morgan fingerprint density at radius 2 is 1.00 bits per heavy atom. The van der Waals surface area contributed by atoms with Gasteiger partial charge in [0.15, 0.2) is 0 Å². The Hall–Kier alpha value is 2.32. The van der Waals surface area contributed by atoms with E-state index in [2.05, 4.69) is 0 Å². The Balaban J connectivity index is 0. The van der Waals surface area contributed by atoms with Crippen LogP contribution in [0.4, 0.5) is 0 Å². The Labute approximate surface area is 79.8 Å². The van der Waals surface area contributed by atoms with Gasteiger partial charge in [-0.25, -0.2) is 0 Å². The van der Waals surface area contributed by atoms with E-state index in [1.54, 1.807) is 0 Å². The third-order valence-electron chi connectivity index (χ3n) is 0. The molecular weight excluding hydrogens is 165 g/mol. The average molecular weight is 165 g/mol. The Bertz CT molecular complexity index is 11.6. The van der Waals surface area contributed by atoms with E-state index >= 15 is 0 Å². The fourth-order valence-electron chi connectivity index (χ4n) is 0. The second-order valence-electron chi connectivity index (χ2n) is 0. The molecule has 0 unspecified atom stereocenters. The maximum Gasteiger partial charge on any atom is 2.00 e. The summed E-state index contributed by atoms with van der Waals surface area (Å²) in [6.45, 7) is 0. The van der Waals surface area contributed by atoms with Crippen molar-refractivity contribution in [2.75, 3.05) is 0 Å². The maximum atomic E-state index is 0. The Morgan fingerprint density at radius 3 is 1.00 bits per heavy atom. The Kier molecular flexibility index (Phi) is 360. The van der Waals surface area contributed by atoms with Crippen LogP contribution in [0.5, 0.6) is 0 Å². The minimum absolute atomic E-state index is 0. The SMILES string of the molecule is [Co+2].[Li+].[Mg+2].[Ni+2].[O-2]. The van der Waals surface area contributed by atoms with Crippen molar-refractivity contribution in [1.29, 1.82) is 0 Å². The molecule has 5 heavy (non-hydrogen) atoms. The van der Waals surface area contributed by atoms with Crippen molar-refractivity contribution in [2.24, 2.45) is 0 Å². The molecule has 0 aromatic carbocycles. The summed E-state index contributed by atoms with van der Waals surface area (Å²) >= 11 is 0. The van der Waals surface area contributed by atoms with Gasteiger partial charge in [-0.05, 0) is 0 Å². The summed E-state index contributed by atoms with van der Waals surface area (Å²) in [6.07, 6.45) is 0. The molecule has 1 nitrogen and oxygen atoms in total. The second-order valence-corrected chi connectivity index (χ2v) is 0. The van der Waals surface area contributed by atoms with E-state index in [4.69, 9.17) is 0 Å². The summed E-state index contributed by atoms with van der Waals surface area (Å²) in [4.78, 5) is 0. The van der Waals surface area contributed by atoms with Gasteiger partial charge in [-0.1, -0.05) is 0 Å². The van der Waals surface area contributed by atoms with Crippen LogP contribution in [0.3, 0.4) is 0 Å². The maximum absolute atomic E-state index is 0. The van der Waals surface area contributed by atoms with Crippen molar-refractivity contribution in [2.45, 2.75) is 0 Å². The van der Waals surface area contributed by atoms with Crippen LogP contribution in [-0.2, 0) is 38.7 Å². The third kappa shape index (κ3) is 21.9. The fourth-order valence-corrected chi connectivity index (χ4v) is 0. The molecule has 0 atom stereocenters. The molecule has 0 amide bonds. The normalized spacial score (nSPS) is 0. The van der Waals surface area contributed by atoms with E-state index in [1.165, 1.54) is 0 Å². The first-order valence-electron chi connectivity index (χ1n) is 0. The predicted molar refractivity (Wildman–Crippen MR) is 6.44 cm³/mol. The van der Waals surface area contributed by atoms with Crippen molar-refractivity contribution in [3.05, 3.63) is 0 Å². The van der Waals surface area contributed by atoms with Crippen molar-refractivity contribution >= 4 is 23.1 Å². The minimum atomic E-state index is 0. The van der Waals surface area contributed by atoms with Crippen LogP contribution in [0.1, 0.15) is 0 Å². The van der Waals surface area contributed by atoms with Gasteiger partial charge in [-0.15, -0.1) is 0 Å². The monoisotopic (exact) mass is 164 g/mol. The molecule has 0 rings (SSSR count). The van der Waals surface area contributed by atoms with Crippen molar-refractivity contribution in [3.63, 3.8) is 0 Å². The first kappa shape index (κ1) is 54.2. The molecule has 0 spiro atoms. The zero-order valence-corrected chi connectivity index (χ0v) is 6.21. The molecule has 1 radical (unpaired) electrons. The molecule has 0 saturated heterocycles. The van der Waals surface area contributed by atoms with Gasteiger partial charge in [0.1, 0.15) is 0 Å². The van der Waals surface area contributed by atoms with E-state index in [0.717, 1.165) is 0 Å². The molecule has 23 valence electrons. The van der Waals surface area contributed by atoms with E-state index in [0.29, 0.717) is 0 Å². The van der Waals surface area contributed by atoms with Crippen LogP contribution in [0, 0.1) is 0 Å².